The highest BCUT2D eigenvalue weighted by Gasteiger charge is 2.74. The molecule has 1 aromatic rings. The Labute approximate surface area is 269 Å². The third-order valence-electron chi connectivity index (χ3n) is 15.0. The molecule has 0 aromatic heterocycles. The summed E-state index contributed by atoms with van der Waals surface area (Å²) in [5.41, 5.74) is 0.335. The SMILES string of the molecule is CC12CCC(O)CC13C=CC1(C(C(=O)C4CCCCC4)=C3)C2CCC2(C)C1CCC2(O)CN1CCN(c2ccccc2O)CC1. The largest absolute Gasteiger partial charge is 0.506 e. The summed E-state index contributed by atoms with van der Waals surface area (Å²) in [4.78, 5) is 19.4. The molecule has 1 aromatic carbocycles. The smallest absolute Gasteiger partial charge is 0.162 e. The molecule has 2 spiro atoms. The average molecular weight is 615 g/mol. The Kier molecular flexibility index (Phi) is 7.00. The molecule has 1 heterocycles. The molecule has 45 heavy (non-hydrogen) atoms. The minimum absolute atomic E-state index is 0.0265. The van der Waals surface area contributed by atoms with Crippen molar-refractivity contribution in [2.24, 2.45) is 39.4 Å². The van der Waals surface area contributed by atoms with Gasteiger partial charge in [-0.3, -0.25) is 9.69 Å². The molecule has 8 aliphatic rings. The van der Waals surface area contributed by atoms with E-state index in [9.17, 15) is 20.1 Å². The van der Waals surface area contributed by atoms with Crippen molar-refractivity contribution in [2.75, 3.05) is 37.6 Å². The number of allylic oxidation sites excluding steroid dienone is 4. The van der Waals surface area contributed by atoms with Crippen molar-refractivity contribution in [1.82, 2.24) is 4.90 Å². The summed E-state index contributed by atoms with van der Waals surface area (Å²) >= 11 is 0. The number of carbonyl (C=O) groups excluding carboxylic acids is 1. The lowest BCUT2D eigenvalue weighted by Gasteiger charge is -2.71. The first-order valence-corrected chi connectivity index (χ1v) is 18.2. The number of carbonyl (C=O) groups is 1. The Bertz CT molecular complexity index is 1410. The van der Waals surface area contributed by atoms with Crippen molar-refractivity contribution in [3.05, 3.63) is 48.1 Å². The van der Waals surface area contributed by atoms with Crippen molar-refractivity contribution in [2.45, 2.75) is 103 Å². The molecular weight excluding hydrogens is 560 g/mol. The maximum Gasteiger partial charge on any atom is 0.162 e. The second-order valence-corrected chi connectivity index (χ2v) is 16.8. The number of para-hydroxylation sites is 2. The average Bonchev–Trinajstić information content (AvgIpc) is 3.31. The van der Waals surface area contributed by atoms with Gasteiger partial charge in [0.2, 0.25) is 0 Å². The third-order valence-corrected chi connectivity index (χ3v) is 15.0. The van der Waals surface area contributed by atoms with Crippen molar-refractivity contribution in [3.63, 3.8) is 0 Å². The number of piperazine rings is 1. The molecule has 1 aliphatic heterocycles. The number of nitrogens with zero attached hydrogens (tertiary/aromatic N) is 2. The number of aliphatic hydroxyl groups is 2. The first-order chi connectivity index (χ1) is 21.6. The van der Waals surface area contributed by atoms with Gasteiger partial charge >= 0.3 is 0 Å². The number of aromatic hydroxyl groups is 1. The van der Waals surface area contributed by atoms with Crippen molar-refractivity contribution in [1.29, 1.82) is 0 Å². The second-order valence-electron chi connectivity index (χ2n) is 16.8. The summed E-state index contributed by atoms with van der Waals surface area (Å²) in [5.74, 6) is 1.45. The summed E-state index contributed by atoms with van der Waals surface area (Å²) in [7, 11) is 0. The fourth-order valence-corrected chi connectivity index (χ4v) is 12.5. The summed E-state index contributed by atoms with van der Waals surface area (Å²) in [6.07, 6.45) is 18.9. The number of Topliss-reactive ketones (excluding diaryl/α,β-unsaturated/α-hetero) is 1. The Hall–Kier alpha value is -2.15. The van der Waals surface area contributed by atoms with E-state index in [-0.39, 0.29) is 39.6 Å². The van der Waals surface area contributed by atoms with Crippen LogP contribution in [-0.2, 0) is 4.79 Å². The molecule has 6 nitrogen and oxygen atoms in total. The normalized spacial score (nSPS) is 44.7. The maximum atomic E-state index is 14.7. The van der Waals surface area contributed by atoms with Gasteiger partial charge in [-0.05, 0) is 87.2 Å². The highest BCUT2D eigenvalue weighted by atomic mass is 16.3. The van der Waals surface area contributed by atoms with E-state index in [1.807, 2.05) is 18.2 Å². The zero-order chi connectivity index (χ0) is 31.2. The fourth-order valence-electron chi connectivity index (χ4n) is 12.5. The lowest BCUT2D eigenvalue weighted by atomic mass is 9.32. The summed E-state index contributed by atoms with van der Waals surface area (Å²) in [6, 6.07) is 7.59. The first kappa shape index (κ1) is 30.2. The Balaban J connectivity index is 1.11. The third kappa shape index (κ3) is 4.13. The number of anilines is 1. The first-order valence-electron chi connectivity index (χ1n) is 18.2. The van der Waals surface area contributed by atoms with Crippen molar-refractivity contribution >= 4 is 11.5 Å². The predicted octanol–water partition coefficient (Wildman–Crippen LogP) is 6.25. The van der Waals surface area contributed by atoms with Crippen LogP contribution >= 0.6 is 0 Å². The van der Waals surface area contributed by atoms with E-state index in [2.05, 4.69) is 41.9 Å². The summed E-state index contributed by atoms with van der Waals surface area (Å²) in [6.45, 7) is 8.90. The molecule has 9 rings (SSSR count). The minimum atomic E-state index is -0.809. The van der Waals surface area contributed by atoms with E-state index in [0.717, 1.165) is 108 Å². The maximum absolute atomic E-state index is 14.7. The molecular formula is C39H54N2O4. The number of hydrogen-bond donors (Lipinski definition) is 3. The van der Waals surface area contributed by atoms with Gasteiger partial charge in [-0.25, -0.2) is 0 Å². The topological polar surface area (TPSA) is 84.2 Å². The molecule has 7 aliphatic carbocycles. The number of ketones is 1. The van der Waals surface area contributed by atoms with E-state index in [0.29, 0.717) is 24.0 Å². The van der Waals surface area contributed by atoms with Gasteiger partial charge < -0.3 is 20.2 Å². The van der Waals surface area contributed by atoms with E-state index in [1.54, 1.807) is 6.07 Å². The van der Waals surface area contributed by atoms with Gasteiger partial charge in [0, 0.05) is 60.5 Å². The number of phenolic OH excluding ortho intramolecular Hbond substituents is 1. The van der Waals surface area contributed by atoms with E-state index < -0.39 is 5.60 Å². The van der Waals surface area contributed by atoms with Gasteiger partial charge in [-0.2, -0.15) is 0 Å². The number of phenols is 1. The highest BCUT2D eigenvalue weighted by molar-refractivity contribution is 6.00. The van der Waals surface area contributed by atoms with Crippen LogP contribution in [0.5, 0.6) is 5.75 Å². The Morgan fingerprint density at radius 3 is 2.31 bits per heavy atom. The fraction of sp³-hybridized carbons (Fsp3) is 0.718. The van der Waals surface area contributed by atoms with Gasteiger partial charge in [0.1, 0.15) is 5.75 Å². The van der Waals surface area contributed by atoms with Gasteiger partial charge in [0.25, 0.3) is 0 Å². The molecule has 6 heteroatoms. The number of fused-ring (bicyclic) bond motifs is 1. The van der Waals surface area contributed by atoms with Gasteiger partial charge in [-0.1, -0.05) is 63.5 Å². The number of benzene rings is 1. The molecule has 244 valence electrons. The number of β-amino-alcohol motifs (C(OH)–C–C–N with tert-alkyl or cyclic N) is 1. The molecule has 4 saturated carbocycles. The standard InChI is InChI=1S/C39H54N2O4/c1-35-15-12-28(42)24-37(35)18-19-39(29(25-37)34(44)27-8-4-3-5-9-27)32(35)13-16-36(2)33(39)14-17-38(36,45)26-40-20-22-41(23-21-40)30-10-6-7-11-31(30)43/h6-7,10-11,18-19,25,27-28,32-33,42-43,45H,3-5,8-9,12-17,20-24,26H2,1-2H3. The van der Waals surface area contributed by atoms with Gasteiger partial charge in [0.05, 0.1) is 17.4 Å². The van der Waals surface area contributed by atoms with Crippen LogP contribution in [-0.4, -0.2) is 70.4 Å². The van der Waals surface area contributed by atoms with Crippen LogP contribution in [0.2, 0.25) is 0 Å². The second kappa shape index (κ2) is 10.4. The minimum Gasteiger partial charge on any atom is -0.506 e. The summed E-state index contributed by atoms with van der Waals surface area (Å²) in [5, 5.41) is 34.2. The van der Waals surface area contributed by atoms with Crippen LogP contribution < -0.4 is 4.90 Å². The molecule has 1 saturated heterocycles. The predicted molar refractivity (Wildman–Crippen MR) is 177 cm³/mol. The number of aliphatic hydroxyl groups excluding tert-OH is 1. The molecule has 2 bridgehead atoms. The van der Waals surface area contributed by atoms with E-state index >= 15 is 0 Å². The molecule has 5 fully saturated rings. The highest BCUT2D eigenvalue weighted by Crippen LogP contribution is 2.78. The zero-order valence-corrected chi connectivity index (χ0v) is 27.5. The van der Waals surface area contributed by atoms with Crippen LogP contribution in [0.4, 0.5) is 5.69 Å². The van der Waals surface area contributed by atoms with Gasteiger partial charge in [0.15, 0.2) is 5.78 Å². The lowest BCUT2D eigenvalue weighted by Crippen LogP contribution is -2.67. The molecule has 0 amide bonds. The van der Waals surface area contributed by atoms with Crippen LogP contribution in [0.3, 0.4) is 0 Å². The quantitative estimate of drug-likeness (QED) is 0.340. The lowest BCUT2D eigenvalue weighted by molar-refractivity contribution is -0.179. The van der Waals surface area contributed by atoms with E-state index in [1.165, 1.54) is 6.42 Å². The van der Waals surface area contributed by atoms with Crippen LogP contribution in [0.25, 0.3) is 0 Å². The van der Waals surface area contributed by atoms with Crippen molar-refractivity contribution in [3.8, 4) is 5.75 Å². The molecule has 8 atom stereocenters. The summed E-state index contributed by atoms with van der Waals surface area (Å²) < 4.78 is 0. The van der Waals surface area contributed by atoms with Crippen LogP contribution in [0.15, 0.2) is 48.1 Å². The number of rotatable bonds is 5. The van der Waals surface area contributed by atoms with Gasteiger partial charge in [-0.15, -0.1) is 0 Å². The Morgan fingerprint density at radius 2 is 1.56 bits per heavy atom. The van der Waals surface area contributed by atoms with Crippen molar-refractivity contribution < 1.29 is 20.1 Å². The molecule has 0 radical (unpaired) electrons. The Morgan fingerprint density at radius 1 is 0.867 bits per heavy atom. The molecule has 8 unspecified atom stereocenters. The molecule has 3 N–H and O–H groups in total. The number of hydrogen-bond acceptors (Lipinski definition) is 6. The van der Waals surface area contributed by atoms with E-state index in [4.69, 9.17) is 0 Å². The van der Waals surface area contributed by atoms with Crippen LogP contribution in [0.1, 0.15) is 90.9 Å². The van der Waals surface area contributed by atoms with Crippen LogP contribution in [0, 0.1) is 39.4 Å². The zero-order valence-electron chi connectivity index (χ0n) is 27.5. The monoisotopic (exact) mass is 614 g/mol.